The number of nitrogens with zero attached hydrogens (tertiary/aromatic N) is 2. The summed E-state index contributed by atoms with van der Waals surface area (Å²) in [4.78, 5) is 20.3. The van der Waals surface area contributed by atoms with Crippen molar-refractivity contribution in [2.45, 2.75) is 0 Å². The Kier molecular flexibility index (Phi) is 4.80. The minimum atomic E-state index is -3.95. The molecule has 0 radical (unpaired) electrons. The maximum atomic E-state index is 11.9. The third-order valence-corrected chi connectivity index (χ3v) is 4.13. The first-order chi connectivity index (χ1) is 10.5. The zero-order valence-corrected chi connectivity index (χ0v) is 13.0. The third kappa shape index (κ3) is 3.64. The molecule has 22 heavy (non-hydrogen) atoms. The van der Waals surface area contributed by atoms with E-state index in [1.807, 2.05) is 0 Å². The topological polar surface area (TPSA) is 122 Å². The summed E-state index contributed by atoms with van der Waals surface area (Å²) < 4.78 is 21.8. The molecule has 9 nitrogen and oxygen atoms in total. The van der Waals surface area contributed by atoms with E-state index in [4.69, 9.17) is 7.45 Å². The fourth-order valence-corrected chi connectivity index (χ4v) is 3.15. The summed E-state index contributed by atoms with van der Waals surface area (Å²) in [5.74, 6) is -0.424. The van der Waals surface area contributed by atoms with Crippen molar-refractivity contribution >= 4 is 26.6 Å². The van der Waals surface area contributed by atoms with Gasteiger partial charge < -0.3 is 0 Å². The molecule has 114 valence electrons. The summed E-state index contributed by atoms with van der Waals surface area (Å²) >= 11 is -3.95. The summed E-state index contributed by atoms with van der Waals surface area (Å²) in [6, 6.07) is 10.7. The normalized spacial score (nSPS) is 10.2. The number of benzene rings is 2. The second kappa shape index (κ2) is 6.77. The molecule has 2 rings (SSSR count). The van der Waals surface area contributed by atoms with Gasteiger partial charge in [-0.3, -0.25) is 0 Å². The van der Waals surface area contributed by atoms with Gasteiger partial charge in [0, 0.05) is 0 Å². The molecule has 0 saturated heterocycles. The van der Waals surface area contributed by atoms with E-state index < -0.39 is 25.1 Å². The molecule has 0 atom stereocenters. The number of nitro groups is 2. The van der Waals surface area contributed by atoms with E-state index in [2.05, 4.69) is 0 Å². The first-order valence-corrected chi connectivity index (χ1v) is 8.42. The molecule has 0 unspecified atom stereocenters. The Morgan fingerprint density at radius 2 is 1.14 bits per heavy atom. The number of hydrogen-bond donors (Lipinski definition) is 0. The van der Waals surface area contributed by atoms with Crippen molar-refractivity contribution in [3.05, 3.63) is 68.8 Å². The van der Waals surface area contributed by atoms with Gasteiger partial charge in [-0.1, -0.05) is 0 Å². The van der Waals surface area contributed by atoms with Gasteiger partial charge in [0.2, 0.25) is 0 Å². The van der Waals surface area contributed by atoms with Gasteiger partial charge in [0.1, 0.15) is 0 Å². The maximum absolute atomic E-state index is 11.9. The third-order valence-electron chi connectivity index (χ3n) is 2.51. The van der Waals surface area contributed by atoms with Crippen molar-refractivity contribution in [2.24, 2.45) is 0 Å². The zero-order valence-electron chi connectivity index (χ0n) is 10.9. The Labute approximate surface area is 128 Å². The monoisotopic (exact) mass is 368 g/mol. The van der Waals surface area contributed by atoms with E-state index >= 15 is 0 Å². The molecule has 0 aromatic heterocycles. The predicted octanol–water partition coefficient (Wildman–Crippen LogP) is 2.11. The number of hydrogen-bond acceptors (Lipinski definition) is 7. The molecule has 0 fully saturated rings. The van der Waals surface area contributed by atoms with Gasteiger partial charge in [0.25, 0.3) is 0 Å². The van der Waals surface area contributed by atoms with Gasteiger partial charge in [-0.25, -0.2) is 0 Å². The van der Waals surface area contributed by atoms with Crippen LogP contribution in [0, 0.1) is 20.2 Å². The van der Waals surface area contributed by atoms with Crippen molar-refractivity contribution < 1.29 is 21.0 Å². The summed E-state index contributed by atoms with van der Waals surface area (Å²) in [6.45, 7) is 0. The van der Waals surface area contributed by atoms with Crippen LogP contribution in [0.1, 0.15) is 0 Å². The van der Waals surface area contributed by atoms with E-state index in [0.29, 0.717) is 0 Å². The molecule has 0 heterocycles. The fourth-order valence-electron chi connectivity index (χ4n) is 1.59. The van der Waals surface area contributed by atoms with Crippen LogP contribution < -0.4 is 7.45 Å². The van der Waals surface area contributed by atoms with Crippen molar-refractivity contribution in [3.63, 3.8) is 0 Å². The average molecular weight is 368 g/mol. The van der Waals surface area contributed by atoms with Crippen molar-refractivity contribution in [3.8, 4) is 11.5 Å². The van der Waals surface area contributed by atoms with Crippen LogP contribution in [-0.4, -0.2) is 25.1 Å². The Hall–Kier alpha value is -2.80. The molecule has 0 amide bonds. The molecule has 2 aromatic carbocycles. The molecule has 10 heteroatoms. The van der Waals surface area contributed by atoms with Gasteiger partial charge >= 0.3 is 128 Å². The van der Waals surface area contributed by atoms with Crippen LogP contribution in [0.2, 0.25) is 0 Å². The Morgan fingerprint density at radius 1 is 0.773 bits per heavy atom. The van der Waals surface area contributed by atoms with Crippen molar-refractivity contribution in [1.29, 1.82) is 0 Å². The number of rotatable bonds is 6. The first-order valence-electron chi connectivity index (χ1n) is 5.85. The first kappa shape index (κ1) is 15.6. The summed E-state index contributed by atoms with van der Waals surface area (Å²) in [7, 11) is 0. The van der Waals surface area contributed by atoms with E-state index in [0.717, 1.165) is 0 Å². The van der Waals surface area contributed by atoms with Crippen LogP contribution in [0.3, 0.4) is 0 Å². The predicted molar refractivity (Wildman–Crippen MR) is 75.3 cm³/mol. The molecular formula is C12H9AsN2O7. The van der Waals surface area contributed by atoms with Gasteiger partial charge in [-0.05, 0) is 0 Å². The van der Waals surface area contributed by atoms with Crippen LogP contribution in [0.5, 0.6) is 11.5 Å². The van der Waals surface area contributed by atoms with Crippen LogP contribution in [0.25, 0.3) is 0 Å². The fraction of sp³-hybridized carbons (Fsp3) is 0. The molecular weight excluding hydrogens is 359 g/mol. The van der Waals surface area contributed by atoms with Gasteiger partial charge in [-0.15, -0.1) is 0 Å². The number of para-hydroxylation sites is 4. The van der Waals surface area contributed by atoms with Gasteiger partial charge in [0.15, 0.2) is 0 Å². The Morgan fingerprint density at radius 3 is 1.50 bits per heavy atom. The van der Waals surface area contributed by atoms with E-state index in [-0.39, 0.29) is 22.9 Å². The SMILES string of the molecule is O=[N+]([O-])c1ccccc1O[AsH](=O)Oc1ccccc1[N+](=O)[O-]. The average Bonchev–Trinajstić information content (AvgIpc) is 2.47. The van der Waals surface area contributed by atoms with Crippen LogP contribution in [0.4, 0.5) is 11.4 Å². The molecule has 2 aromatic rings. The molecule has 0 saturated carbocycles. The van der Waals surface area contributed by atoms with Crippen molar-refractivity contribution in [2.75, 3.05) is 0 Å². The van der Waals surface area contributed by atoms with Crippen LogP contribution >= 0.6 is 0 Å². The van der Waals surface area contributed by atoms with E-state index in [1.54, 1.807) is 0 Å². The summed E-state index contributed by atoms with van der Waals surface area (Å²) in [6.07, 6.45) is 0. The molecule has 0 spiro atoms. The molecule has 0 aliphatic heterocycles. The second-order valence-electron chi connectivity index (χ2n) is 3.90. The quantitative estimate of drug-likeness (QED) is 0.435. The Balaban J connectivity index is 2.18. The van der Waals surface area contributed by atoms with E-state index in [9.17, 15) is 24.0 Å². The summed E-state index contributed by atoms with van der Waals surface area (Å²) in [5.41, 5.74) is -0.732. The number of nitro benzene ring substituents is 2. The minimum absolute atomic E-state index is 0.212. The zero-order chi connectivity index (χ0) is 16.1. The van der Waals surface area contributed by atoms with Gasteiger partial charge in [-0.2, -0.15) is 0 Å². The molecule has 0 aliphatic rings. The standard InChI is InChI=1S/C12H9AsN2O7/c16-13(21-11-7-3-1-5-9(11)14(17)18)22-12-8-4-2-6-10(12)15(19)20/h1-8,13H. The van der Waals surface area contributed by atoms with Crippen molar-refractivity contribution in [1.82, 2.24) is 0 Å². The van der Waals surface area contributed by atoms with Crippen LogP contribution in [0.15, 0.2) is 48.5 Å². The second-order valence-corrected chi connectivity index (χ2v) is 5.81. The molecule has 0 N–H and O–H groups in total. The van der Waals surface area contributed by atoms with Gasteiger partial charge in [0.05, 0.1) is 0 Å². The molecule has 0 bridgehead atoms. The molecule has 0 aliphatic carbocycles. The summed E-state index contributed by atoms with van der Waals surface area (Å²) in [5, 5.41) is 21.6. The van der Waals surface area contributed by atoms with E-state index in [1.165, 1.54) is 48.5 Å². The Bertz CT molecular complexity index is 688. The van der Waals surface area contributed by atoms with Crippen LogP contribution in [-0.2, 0) is 3.74 Å².